The van der Waals surface area contributed by atoms with E-state index in [1.54, 1.807) is 0 Å². The van der Waals surface area contributed by atoms with E-state index in [4.69, 9.17) is 33.0 Å². The molecule has 0 atom stereocenters. The Balaban J connectivity index is 0. The fraction of sp³-hybridized carbons (Fsp3) is 0.176. The summed E-state index contributed by atoms with van der Waals surface area (Å²) in [6.45, 7) is 6.49. The van der Waals surface area contributed by atoms with Crippen molar-refractivity contribution in [1.29, 1.82) is 0 Å². The molecule has 5 nitrogen and oxygen atoms in total. The van der Waals surface area contributed by atoms with E-state index in [1.807, 2.05) is 63.0 Å². The smallest absolute Gasteiger partial charge is 0.122 e. The summed E-state index contributed by atoms with van der Waals surface area (Å²) in [4.78, 5) is 16.0. The fourth-order valence-corrected chi connectivity index (χ4v) is 1.68. The number of benzene rings is 2. The maximum absolute atomic E-state index is 8.00. The molecular formula is C17H22BNO4. The van der Waals surface area contributed by atoms with E-state index in [-0.39, 0.29) is 0 Å². The van der Waals surface area contributed by atoms with E-state index in [9.17, 15) is 0 Å². The number of nitrogen functional groups attached to an aromatic ring is 1. The van der Waals surface area contributed by atoms with Crippen molar-refractivity contribution in [3.05, 3.63) is 53.6 Å². The van der Waals surface area contributed by atoms with Gasteiger partial charge in [-0.1, -0.05) is 29.7 Å². The van der Waals surface area contributed by atoms with Crippen molar-refractivity contribution in [3.63, 3.8) is 0 Å². The van der Waals surface area contributed by atoms with Crippen molar-refractivity contribution < 1.29 is 19.4 Å². The number of hydrogen-bond acceptors (Lipinski definition) is 5. The van der Waals surface area contributed by atoms with Crippen molar-refractivity contribution in [1.82, 2.24) is 0 Å². The third-order valence-corrected chi connectivity index (χ3v) is 2.54. The molecule has 2 aromatic rings. The van der Waals surface area contributed by atoms with E-state index < -0.39 is 0 Å². The molecular weight excluding hydrogens is 293 g/mol. The van der Waals surface area contributed by atoms with E-state index in [0.717, 1.165) is 35.1 Å². The number of carbonyl (C=O) groups is 2. The van der Waals surface area contributed by atoms with Gasteiger partial charge in [0.1, 0.15) is 33.8 Å². The Bertz CT molecular complexity index is 562. The molecule has 6 heteroatoms. The van der Waals surface area contributed by atoms with Crippen LogP contribution in [0.15, 0.2) is 42.5 Å². The topological polar surface area (TPSA) is 89.6 Å². The number of carbonyl (C=O) groups excluding carboxylic acids is 2. The highest BCUT2D eigenvalue weighted by Crippen LogP contribution is 2.21. The van der Waals surface area contributed by atoms with Gasteiger partial charge in [0.2, 0.25) is 0 Å². The van der Waals surface area contributed by atoms with Gasteiger partial charge < -0.3 is 25.2 Å². The SMILES string of the molecule is C=O.C=O.CO.[B]c1cccc(COc2ccc(N)cc2C)c1. The summed E-state index contributed by atoms with van der Waals surface area (Å²) in [5, 5.41) is 7.00. The van der Waals surface area contributed by atoms with E-state index in [0.29, 0.717) is 6.61 Å². The Morgan fingerprint density at radius 1 is 1.09 bits per heavy atom. The van der Waals surface area contributed by atoms with Crippen molar-refractivity contribution in [2.75, 3.05) is 12.8 Å². The first kappa shape index (κ1) is 22.7. The lowest BCUT2D eigenvalue weighted by Crippen LogP contribution is -2.05. The minimum Gasteiger partial charge on any atom is -0.489 e. The summed E-state index contributed by atoms with van der Waals surface area (Å²) in [5.41, 5.74) is 9.27. The molecule has 0 fully saturated rings. The number of hydrogen-bond donors (Lipinski definition) is 2. The molecule has 0 aliphatic heterocycles. The molecule has 122 valence electrons. The van der Waals surface area contributed by atoms with Gasteiger partial charge in [-0.05, 0) is 36.2 Å². The van der Waals surface area contributed by atoms with Crippen LogP contribution >= 0.6 is 0 Å². The number of nitrogens with two attached hydrogens (primary N) is 1. The molecule has 0 heterocycles. The van der Waals surface area contributed by atoms with Crippen LogP contribution in [-0.2, 0) is 16.2 Å². The number of anilines is 1. The average molecular weight is 315 g/mol. The van der Waals surface area contributed by atoms with Gasteiger partial charge in [-0.25, -0.2) is 0 Å². The highest BCUT2D eigenvalue weighted by atomic mass is 16.5. The summed E-state index contributed by atoms with van der Waals surface area (Å²) >= 11 is 0. The normalized spacial score (nSPS) is 8.13. The summed E-state index contributed by atoms with van der Waals surface area (Å²) in [5.74, 6) is 0.849. The predicted molar refractivity (Wildman–Crippen MR) is 94.1 cm³/mol. The number of aryl methyl sites for hydroxylation is 1. The zero-order valence-corrected chi connectivity index (χ0v) is 13.5. The summed E-state index contributed by atoms with van der Waals surface area (Å²) in [7, 11) is 6.71. The maximum atomic E-state index is 8.00. The van der Waals surface area contributed by atoms with Crippen LogP contribution in [-0.4, -0.2) is 33.6 Å². The second-order valence-electron chi connectivity index (χ2n) is 4.06. The monoisotopic (exact) mass is 315 g/mol. The molecule has 2 radical (unpaired) electrons. The molecule has 2 rings (SSSR count). The molecule has 23 heavy (non-hydrogen) atoms. The van der Waals surface area contributed by atoms with Gasteiger partial charge in [0.05, 0.1) is 0 Å². The molecule has 0 saturated carbocycles. The van der Waals surface area contributed by atoms with Crippen LogP contribution in [0.1, 0.15) is 11.1 Å². The van der Waals surface area contributed by atoms with Gasteiger partial charge in [-0.3, -0.25) is 0 Å². The minimum absolute atomic E-state index is 0.510. The third-order valence-electron chi connectivity index (χ3n) is 2.54. The first-order valence-electron chi connectivity index (χ1n) is 6.51. The van der Waals surface area contributed by atoms with Crippen molar-refractivity contribution >= 4 is 32.6 Å². The van der Waals surface area contributed by atoms with Gasteiger partial charge in [0, 0.05) is 12.8 Å². The third kappa shape index (κ3) is 9.11. The second-order valence-corrected chi connectivity index (χ2v) is 4.06. The summed E-state index contributed by atoms with van der Waals surface area (Å²) in [6, 6.07) is 13.3. The Morgan fingerprint density at radius 2 is 1.70 bits per heavy atom. The molecule has 0 saturated heterocycles. The highest BCUT2D eigenvalue weighted by molar-refractivity contribution is 6.32. The molecule has 0 aliphatic rings. The number of ether oxygens (including phenoxy) is 1. The van der Waals surface area contributed by atoms with Gasteiger partial charge in [0.15, 0.2) is 0 Å². The van der Waals surface area contributed by atoms with Crippen LogP contribution in [0.4, 0.5) is 5.69 Å². The quantitative estimate of drug-likeness (QED) is 0.656. The zero-order valence-electron chi connectivity index (χ0n) is 13.5. The van der Waals surface area contributed by atoms with Crippen molar-refractivity contribution in [2.45, 2.75) is 13.5 Å². The van der Waals surface area contributed by atoms with Crippen LogP contribution in [0.2, 0.25) is 0 Å². The lowest BCUT2D eigenvalue weighted by molar-refractivity contribution is -0.0987. The van der Waals surface area contributed by atoms with Crippen molar-refractivity contribution in [2.24, 2.45) is 0 Å². The molecule has 0 bridgehead atoms. The molecule has 0 aliphatic carbocycles. The van der Waals surface area contributed by atoms with E-state index in [2.05, 4.69) is 0 Å². The first-order chi connectivity index (χ1) is 11.1. The van der Waals surface area contributed by atoms with Gasteiger partial charge in [-0.15, -0.1) is 0 Å². The average Bonchev–Trinajstić information content (AvgIpc) is 2.60. The van der Waals surface area contributed by atoms with Crippen LogP contribution in [0.5, 0.6) is 5.75 Å². The molecule has 0 unspecified atom stereocenters. The highest BCUT2D eigenvalue weighted by Gasteiger charge is 2.00. The minimum atomic E-state index is 0.510. The van der Waals surface area contributed by atoms with Gasteiger partial charge in [0.25, 0.3) is 0 Å². The zero-order chi connectivity index (χ0) is 18.3. The predicted octanol–water partition coefficient (Wildman–Crippen LogP) is 1.19. The summed E-state index contributed by atoms with van der Waals surface area (Å²) < 4.78 is 5.72. The largest absolute Gasteiger partial charge is 0.489 e. The first-order valence-corrected chi connectivity index (χ1v) is 6.51. The Kier molecular flexibility index (Phi) is 14.1. The van der Waals surface area contributed by atoms with Crippen molar-refractivity contribution in [3.8, 4) is 5.75 Å². The van der Waals surface area contributed by atoms with E-state index >= 15 is 0 Å². The van der Waals surface area contributed by atoms with E-state index in [1.165, 1.54) is 0 Å². The Hall–Kier alpha value is -2.60. The molecule has 3 N–H and O–H groups in total. The van der Waals surface area contributed by atoms with Crippen LogP contribution < -0.4 is 15.9 Å². The Labute approximate surface area is 138 Å². The van der Waals surface area contributed by atoms with Crippen LogP contribution in [0.25, 0.3) is 0 Å². The van der Waals surface area contributed by atoms with Gasteiger partial charge >= 0.3 is 0 Å². The fourth-order valence-electron chi connectivity index (χ4n) is 1.68. The van der Waals surface area contributed by atoms with Crippen LogP contribution in [0, 0.1) is 6.92 Å². The second kappa shape index (κ2) is 14.3. The molecule has 0 spiro atoms. The lowest BCUT2D eigenvalue weighted by Gasteiger charge is -2.10. The Morgan fingerprint density at radius 3 is 2.22 bits per heavy atom. The van der Waals surface area contributed by atoms with Crippen LogP contribution in [0.3, 0.4) is 0 Å². The summed E-state index contributed by atoms with van der Waals surface area (Å²) in [6.07, 6.45) is 0. The lowest BCUT2D eigenvalue weighted by atomic mass is 9.95. The molecule has 0 amide bonds. The molecule has 0 aromatic heterocycles. The van der Waals surface area contributed by atoms with Gasteiger partial charge in [-0.2, -0.15) is 0 Å². The molecule has 2 aromatic carbocycles. The standard InChI is InChI=1S/C14H14BNO.CH4O.2CH2O/c1-10-7-13(16)5-6-14(10)17-9-11-3-2-4-12(15)8-11;3*1-2/h2-8H,9,16H2,1H3;2H,1H3;2*1H2. The number of rotatable bonds is 3. The maximum Gasteiger partial charge on any atom is 0.122 e. The number of aliphatic hydroxyl groups is 1. The number of aliphatic hydroxyl groups excluding tert-OH is 1.